The third-order valence-electron chi connectivity index (χ3n) is 14.7. The molecule has 1 saturated heterocycles. The molecule has 2 heterocycles. The Morgan fingerprint density at radius 3 is 2.21 bits per heavy atom. The second-order valence-corrected chi connectivity index (χ2v) is 20.7. The van der Waals surface area contributed by atoms with Crippen molar-refractivity contribution in [2.75, 3.05) is 44.0 Å². The van der Waals surface area contributed by atoms with E-state index in [1.54, 1.807) is 55.1 Å². The highest BCUT2D eigenvalue weighted by atomic mass is 35.5. The van der Waals surface area contributed by atoms with Crippen LogP contribution in [0.5, 0.6) is 5.75 Å². The molecular formula is C65H60Cl2FN5O5. The molecule has 396 valence electrons. The number of carboxylic acid groups (broad SMARTS) is 1. The first kappa shape index (κ1) is 53.4. The second-order valence-electron chi connectivity index (χ2n) is 19.9. The molecular weight excluding hydrogens is 1020 g/mol. The third-order valence-corrected chi connectivity index (χ3v) is 15.3. The molecule has 3 N–H and O–H groups in total. The van der Waals surface area contributed by atoms with E-state index in [9.17, 15) is 14.0 Å². The fourth-order valence-electron chi connectivity index (χ4n) is 10.7. The van der Waals surface area contributed by atoms with E-state index in [1.165, 1.54) is 62.0 Å². The molecule has 1 atom stereocenters. The van der Waals surface area contributed by atoms with Crippen LogP contribution < -0.4 is 15.4 Å². The molecule has 0 bridgehead atoms. The smallest absolute Gasteiger partial charge is 0.341 e. The van der Waals surface area contributed by atoms with Gasteiger partial charge in [0.2, 0.25) is 5.95 Å². The number of aliphatic carboxylic acids is 1. The molecule has 13 heteroatoms. The lowest BCUT2D eigenvalue weighted by molar-refractivity contribution is -0.154. The third kappa shape index (κ3) is 12.6. The monoisotopic (exact) mass is 1080 g/mol. The van der Waals surface area contributed by atoms with Crippen molar-refractivity contribution in [3.63, 3.8) is 0 Å². The van der Waals surface area contributed by atoms with E-state index in [-0.39, 0.29) is 12.2 Å². The number of fused-ring (bicyclic) bond motifs is 5. The van der Waals surface area contributed by atoms with Gasteiger partial charge in [-0.3, -0.25) is 4.79 Å². The maximum Gasteiger partial charge on any atom is 0.341 e. The van der Waals surface area contributed by atoms with E-state index < -0.39 is 18.5 Å². The number of carbonyl (C=O) groups excluding carboxylic acids is 1. The van der Waals surface area contributed by atoms with Crippen LogP contribution in [0, 0.1) is 5.82 Å². The van der Waals surface area contributed by atoms with Crippen molar-refractivity contribution < 1.29 is 28.6 Å². The highest BCUT2D eigenvalue weighted by Gasteiger charge is 2.25. The number of nitrogens with zero attached hydrogens (tertiary/aromatic N) is 3. The molecule has 78 heavy (non-hydrogen) atoms. The highest BCUT2D eigenvalue weighted by Crippen LogP contribution is 2.44. The standard InChI is InChI=1S/C28H31FN4O.C21H16.C16H13Cl2NO4/c1-34-25-12-8-21(9-13-25)14-17-32-18-15-24(16-19-32)30-28-31-26-4-2-3-5-27(26)33(28)20-22-6-10-23(29)11-7-22;1-13-11-15-6-4-7-16-12-19-17-8-3-2-5-14(17)9-10-18(19)20(13)21(15)16;17-11-5-3-6-12(18)16(11)19-13-7-2-1-4-10(13)8-15(22)23-9-14(20)21/h2-13,24H,14-20H2,1H3,(H,30,31);2-10,12-13H,11H2,1H3;1-7,19H,8-9H2,(H,20,21). The number of piperidine rings is 1. The Bertz CT molecular complexity index is 3730. The Hall–Kier alpha value is -7.96. The van der Waals surface area contributed by atoms with Gasteiger partial charge in [0, 0.05) is 31.4 Å². The van der Waals surface area contributed by atoms with Crippen molar-refractivity contribution in [2.24, 2.45) is 0 Å². The van der Waals surface area contributed by atoms with Crippen molar-refractivity contribution in [3.05, 3.63) is 220 Å². The number of carboxylic acids is 1. The molecule has 1 fully saturated rings. The molecule has 0 amide bonds. The van der Waals surface area contributed by atoms with Crippen LogP contribution in [0.2, 0.25) is 10.0 Å². The van der Waals surface area contributed by atoms with Crippen LogP contribution in [0.15, 0.2) is 176 Å². The van der Waals surface area contributed by atoms with Gasteiger partial charge >= 0.3 is 11.9 Å². The SMILES string of the molecule is CC1Cc2cccc3cc4c(ccc5ccccc54)c1c23.COc1ccc(CCN2CCC(Nc3nc4ccccc4n3Cc3ccc(F)cc3)CC2)cc1.O=C(O)COC(=O)Cc1ccccc1Nc1c(Cl)cccc1Cl. The van der Waals surface area contributed by atoms with E-state index in [0.29, 0.717) is 45.5 Å². The summed E-state index contributed by atoms with van der Waals surface area (Å²) >= 11 is 12.2. The van der Waals surface area contributed by atoms with Crippen LogP contribution in [0.3, 0.4) is 0 Å². The van der Waals surface area contributed by atoms with Crippen LogP contribution in [-0.4, -0.2) is 70.9 Å². The number of anilines is 3. The van der Waals surface area contributed by atoms with Crippen molar-refractivity contribution in [1.29, 1.82) is 0 Å². The summed E-state index contributed by atoms with van der Waals surface area (Å²) in [7, 11) is 1.70. The Labute approximate surface area is 463 Å². The topological polar surface area (TPSA) is 118 Å². The van der Waals surface area contributed by atoms with Gasteiger partial charge in [0.15, 0.2) is 6.61 Å². The molecule has 10 nitrogen and oxygen atoms in total. The van der Waals surface area contributed by atoms with Crippen molar-refractivity contribution in [1.82, 2.24) is 14.5 Å². The van der Waals surface area contributed by atoms with Gasteiger partial charge in [-0.05, 0) is 152 Å². The van der Waals surface area contributed by atoms with Gasteiger partial charge in [-0.25, -0.2) is 14.2 Å². The van der Waals surface area contributed by atoms with Crippen molar-refractivity contribution >= 4 is 95.8 Å². The molecule has 10 aromatic rings. The largest absolute Gasteiger partial charge is 0.497 e. The summed E-state index contributed by atoms with van der Waals surface area (Å²) in [6.45, 7) is 5.58. The van der Waals surface area contributed by atoms with E-state index >= 15 is 0 Å². The number of para-hydroxylation sites is 4. The van der Waals surface area contributed by atoms with Gasteiger partial charge < -0.3 is 34.7 Å². The van der Waals surface area contributed by atoms with E-state index in [2.05, 4.69) is 111 Å². The minimum Gasteiger partial charge on any atom is -0.497 e. The summed E-state index contributed by atoms with van der Waals surface area (Å²) in [5, 5.41) is 24.7. The number of imidazole rings is 1. The number of ether oxygens (including phenoxy) is 2. The number of halogens is 3. The van der Waals surface area contributed by atoms with Gasteiger partial charge in [-0.2, -0.15) is 0 Å². The summed E-state index contributed by atoms with van der Waals surface area (Å²) in [5.74, 6) is 0.369. The number of benzene rings is 9. The Kier molecular flexibility index (Phi) is 16.8. The zero-order chi connectivity index (χ0) is 54.1. The quantitative estimate of drug-likeness (QED) is 0.0556. The molecule has 1 aliphatic heterocycles. The maximum absolute atomic E-state index is 13.4. The van der Waals surface area contributed by atoms with E-state index in [1.807, 2.05) is 42.5 Å². The molecule has 0 radical (unpaired) electrons. The van der Waals surface area contributed by atoms with Gasteiger partial charge in [0.05, 0.1) is 46.8 Å². The van der Waals surface area contributed by atoms with Crippen molar-refractivity contribution in [2.45, 2.75) is 57.5 Å². The molecule has 0 saturated carbocycles. The number of rotatable bonds is 14. The second kappa shape index (κ2) is 24.6. The molecule has 1 aliphatic carbocycles. The summed E-state index contributed by atoms with van der Waals surface area (Å²) in [4.78, 5) is 29.5. The van der Waals surface area contributed by atoms with Crippen molar-refractivity contribution in [3.8, 4) is 5.75 Å². The average Bonchev–Trinajstić information content (AvgIpc) is 4.18. The first-order valence-electron chi connectivity index (χ1n) is 26.3. The number of hydrogen-bond donors (Lipinski definition) is 3. The number of nitrogens with one attached hydrogen (secondary N) is 2. The van der Waals surface area contributed by atoms with Crippen LogP contribution >= 0.6 is 23.2 Å². The lowest BCUT2D eigenvalue weighted by atomic mass is 9.91. The molecule has 9 aromatic carbocycles. The van der Waals surface area contributed by atoms with Crippen LogP contribution in [0.25, 0.3) is 43.4 Å². The molecule has 2 aliphatic rings. The molecule has 1 unspecified atom stereocenters. The lowest BCUT2D eigenvalue weighted by Crippen LogP contribution is -2.40. The van der Waals surface area contributed by atoms with E-state index in [4.69, 9.17) is 38.0 Å². The zero-order valence-electron chi connectivity index (χ0n) is 43.5. The number of methoxy groups -OCH3 is 1. The number of aromatic nitrogens is 2. The first-order chi connectivity index (χ1) is 38.0. The minimum absolute atomic E-state index is 0.0709. The molecule has 0 spiro atoms. The molecule has 12 rings (SSSR count). The van der Waals surface area contributed by atoms with Gasteiger partial charge in [-0.15, -0.1) is 0 Å². The summed E-state index contributed by atoms with van der Waals surface area (Å²) in [5.41, 5.74) is 9.34. The number of esters is 1. The predicted octanol–water partition coefficient (Wildman–Crippen LogP) is 15.1. The van der Waals surface area contributed by atoms with Gasteiger partial charge in [0.25, 0.3) is 0 Å². The first-order valence-corrected chi connectivity index (χ1v) is 27.1. The summed E-state index contributed by atoms with van der Waals surface area (Å²) in [6, 6.07) is 58.3. The lowest BCUT2D eigenvalue weighted by Gasteiger charge is -2.32. The van der Waals surface area contributed by atoms with Crippen LogP contribution in [0.4, 0.5) is 21.7 Å². The van der Waals surface area contributed by atoms with Gasteiger partial charge in [-0.1, -0.05) is 145 Å². The number of hydrogen-bond acceptors (Lipinski definition) is 8. The number of carbonyl (C=O) groups is 2. The highest BCUT2D eigenvalue weighted by molar-refractivity contribution is 6.39. The normalized spacial score (nSPS) is 14.1. The van der Waals surface area contributed by atoms with Gasteiger partial charge in [0.1, 0.15) is 11.6 Å². The Morgan fingerprint density at radius 1 is 0.744 bits per heavy atom. The Morgan fingerprint density at radius 2 is 1.44 bits per heavy atom. The fraction of sp³-hybridized carbons (Fsp3) is 0.215. The van der Waals surface area contributed by atoms with Crippen LogP contribution in [-0.2, 0) is 40.1 Å². The summed E-state index contributed by atoms with van der Waals surface area (Å²) < 4.78 is 25.5. The van der Waals surface area contributed by atoms with E-state index in [0.717, 1.165) is 67.2 Å². The summed E-state index contributed by atoms with van der Waals surface area (Å²) in [6.07, 6.45) is 4.33. The van der Waals surface area contributed by atoms with Crippen LogP contribution in [0.1, 0.15) is 53.5 Å². The Balaban J connectivity index is 0.000000138. The minimum atomic E-state index is -1.20. The zero-order valence-corrected chi connectivity index (χ0v) is 45.0. The fourth-order valence-corrected chi connectivity index (χ4v) is 11.2. The molecule has 1 aromatic heterocycles. The average molecular weight is 1080 g/mol. The maximum atomic E-state index is 13.4. The number of likely N-dealkylation sites (tertiary alicyclic amines) is 1. The predicted molar refractivity (Wildman–Crippen MR) is 315 cm³/mol.